The zero-order valence-corrected chi connectivity index (χ0v) is 4.76. The van der Waals surface area contributed by atoms with Crippen LogP contribution in [0.2, 0.25) is 0 Å². The summed E-state index contributed by atoms with van der Waals surface area (Å²) in [5.41, 5.74) is 0. The molecular formula is C4H11P. The van der Waals surface area contributed by atoms with Gasteiger partial charge in [-0.3, -0.25) is 0 Å². The molecule has 0 radical (unpaired) electrons. The van der Waals surface area contributed by atoms with Crippen molar-refractivity contribution in [2.45, 2.75) is 0 Å². The zero-order valence-electron chi connectivity index (χ0n) is 4.86. The van der Waals surface area contributed by atoms with Gasteiger partial charge < -0.3 is 0 Å². The van der Waals surface area contributed by atoms with E-state index < -0.39 is 6.89 Å². The first-order chi connectivity index (χ1) is 2.56. The van der Waals surface area contributed by atoms with Gasteiger partial charge in [-0.1, -0.05) is 0 Å². The maximum absolute atomic E-state index is 6.84. The SMILES string of the molecule is [1H]CP(=C)(C)C. The first-order valence-electron chi connectivity index (χ1n) is 2.23. The van der Waals surface area contributed by atoms with Gasteiger partial charge in [-0.05, 0) is 20.0 Å². The molecular weight excluding hydrogens is 79.0 g/mol. The second kappa shape index (κ2) is 1.18. The minimum absolute atomic E-state index is 0.521. The molecule has 0 aromatic carbocycles. The molecule has 0 saturated carbocycles. The van der Waals surface area contributed by atoms with Crippen LogP contribution in [0.3, 0.4) is 0 Å². The summed E-state index contributed by atoms with van der Waals surface area (Å²) in [6.07, 6.45) is 3.81. The van der Waals surface area contributed by atoms with Crippen molar-refractivity contribution in [2.75, 3.05) is 20.0 Å². The summed E-state index contributed by atoms with van der Waals surface area (Å²) >= 11 is 0. The lowest BCUT2D eigenvalue weighted by Crippen LogP contribution is -1.62. The van der Waals surface area contributed by atoms with Crippen LogP contribution < -0.4 is 0 Å². The predicted octanol–water partition coefficient (Wildman–Crippen LogP) is 1.33. The summed E-state index contributed by atoms with van der Waals surface area (Å²) in [6.45, 7) is 3.65. The van der Waals surface area contributed by atoms with Crippen molar-refractivity contribution >= 4 is 13.2 Å². The molecule has 0 heterocycles. The van der Waals surface area contributed by atoms with E-state index in [0.29, 0.717) is 6.64 Å². The van der Waals surface area contributed by atoms with Gasteiger partial charge >= 0.3 is 0 Å². The van der Waals surface area contributed by atoms with Gasteiger partial charge in [-0.25, -0.2) is 0 Å². The summed E-state index contributed by atoms with van der Waals surface area (Å²) in [5.74, 6) is 0. The minimum Gasteiger partial charge on any atom is -0.121 e. The van der Waals surface area contributed by atoms with Crippen molar-refractivity contribution in [3.63, 3.8) is 0 Å². The minimum atomic E-state index is -0.980. The van der Waals surface area contributed by atoms with Crippen LogP contribution >= 0.6 is 6.89 Å². The van der Waals surface area contributed by atoms with Crippen molar-refractivity contribution in [1.82, 2.24) is 0 Å². The first kappa shape index (κ1) is 3.49. The molecule has 0 aliphatic heterocycles. The van der Waals surface area contributed by atoms with E-state index in [0.717, 1.165) is 0 Å². The molecule has 0 aromatic rings. The van der Waals surface area contributed by atoms with Crippen LogP contribution in [0.25, 0.3) is 0 Å². The van der Waals surface area contributed by atoms with Crippen molar-refractivity contribution in [1.29, 1.82) is 0 Å². The first-order valence-corrected chi connectivity index (χ1v) is 4.58. The van der Waals surface area contributed by atoms with Gasteiger partial charge in [0.1, 0.15) is 0 Å². The van der Waals surface area contributed by atoms with Gasteiger partial charge in [-0.15, -0.1) is 13.2 Å². The van der Waals surface area contributed by atoms with E-state index in [4.69, 9.17) is 1.37 Å². The van der Waals surface area contributed by atoms with Crippen molar-refractivity contribution in [3.05, 3.63) is 0 Å². The lowest BCUT2D eigenvalue weighted by Gasteiger charge is -1.96. The molecule has 0 saturated heterocycles. The Balaban J connectivity index is 3.48. The van der Waals surface area contributed by atoms with Crippen LogP contribution in [-0.4, -0.2) is 26.3 Å². The van der Waals surface area contributed by atoms with Crippen molar-refractivity contribution in [3.8, 4) is 0 Å². The average molecular weight is 90.1 g/mol. The van der Waals surface area contributed by atoms with Crippen LogP contribution in [-0.2, 0) is 0 Å². The van der Waals surface area contributed by atoms with Gasteiger partial charge in [0.2, 0.25) is 0 Å². The Morgan fingerprint density at radius 2 is 2.00 bits per heavy atom. The second-order valence-corrected chi connectivity index (χ2v) is 5.81. The highest BCUT2D eigenvalue weighted by atomic mass is 31.2. The van der Waals surface area contributed by atoms with E-state index >= 15 is 0 Å². The highest BCUT2D eigenvalue weighted by Crippen LogP contribution is 2.27. The average Bonchev–Trinajstić information content (AvgIpc) is 1.35. The Bertz CT molecular complexity index is 71.6. The fourth-order valence-electron chi connectivity index (χ4n) is 0. The standard InChI is InChI=1S/C4H11P/c1-5(2,3)4/h1H2,2-4H3/i2H. The molecule has 0 bridgehead atoms. The lowest BCUT2D eigenvalue weighted by atomic mass is 11.8. The Hall–Kier alpha value is 0.300. The van der Waals surface area contributed by atoms with Crippen LogP contribution in [0, 0.1) is 0 Å². The van der Waals surface area contributed by atoms with E-state index in [-0.39, 0.29) is 0 Å². The molecule has 5 heavy (non-hydrogen) atoms. The molecule has 0 atom stereocenters. The molecule has 0 spiro atoms. The van der Waals surface area contributed by atoms with E-state index in [9.17, 15) is 0 Å². The highest BCUT2D eigenvalue weighted by molar-refractivity contribution is 7.71. The van der Waals surface area contributed by atoms with Crippen LogP contribution in [0.4, 0.5) is 0 Å². The van der Waals surface area contributed by atoms with Crippen LogP contribution in [0.1, 0.15) is 1.37 Å². The van der Waals surface area contributed by atoms with Gasteiger partial charge in [0, 0.05) is 1.37 Å². The largest absolute Gasteiger partial charge is 0.121 e. The predicted molar refractivity (Wildman–Crippen MR) is 31.8 cm³/mol. The van der Waals surface area contributed by atoms with E-state index in [1.807, 2.05) is 0 Å². The molecule has 0 aliphatic rings. The Morgan fingerprint density at radius 1 is 1.80 bits per heavy atom. The summed E-state index contributed by atoms with van der Waals surface area (Å²) < 4.78 is 6.84. The molecule has 0 rings (SSSR count). The molecule has 32 valence electrons. The zero-order chi connectivity index (χ0) is 5.21. The maximum Gasteiger partial charge on any atom is 0.0279 e. The summed E-state index contributed by atoms with van der Waals surface area (Å²) in [4.78, 5) is 0. The normalized spacial score (nSPS) is 14.4. The lowest BCUT2D eigenvalue weighted by molar-refractivity contribution is 2.11. The van der Waals surface area contributed by atoms with E-state index in [1.165, 1.54) is 0 Å². The van der Waals surface area contributed by atoms with Gasteiger partial charge in [0.25, 0.3) is 0 Å². The van der Waals surface area contributed by atoms with Crippen LogP contribution in [0.15, 0.2) is 0 Å². The number of hydrogen-bond acceptors (Lipinski definition) is 0. The topological polar surface area (TPSA) is 0 Å². The van der Waals surface area contributed by atoms with E-state index in [1.54, 1.807) is 0 Å². The van der Waals surface area contributed by atoms with Gasteiger partial charge in [0.05, 0.1) is 0 Å². The molecule has 0 fully saturated rings. The summed E-state index contributed by atoms with van der Waals surface area (Å²) in [7, 11) is 0. The molecule has 0 nitrogen and oxygen atoms in total. The maximum atomic E-state index is 6.84. The Morgan fingerprint density at radius 3 is 2.00 bits per heavy atom. The number of rotatable bonds is 0. The van der Waals surface area contributed by atoms with Crippen LogP contribution in [0.5, 0.6) is 0 Å². The second-order valence-electron chi connectivity index (χ2n) is 1.94. The third kappa shape index (κ3) is 253. The third-order valence-electron chi connectivity index (χ3n) is 0. The van der Waals surface area contributed by atoms with Crippen molar-refractivity contribution in [2.24, 2.45) is 0 Å². The summed E-state index contributed by atoms with van der Waals surface area (Å²) in [5, 5.41) is 0. The fraction of sp³-hybridized carbons (Fsp3) is 0.750. The molecule has 0 N–H and O–H groups in total. The molecule has 0 amide bonds. The van der Waals surface area contributed by atoms with Gasteiger partial charge in [0.15, 0.2) is 0 Å². The smallest absolute Gasteiger partial charge is 0.0279 e. The molecule has 0 unspecified atom stereocenters. The Kier molecular flexibility index (Phi) is 0.823. The Labute approximate surface area is 35.6 Å². The van der Waals surface area contributed by atoms with Gasteiger partial charge in [-0.2, -0.15) is 0 Å². The monoisotopic (exact) mass is 90.1 g/mol. The molecule has 1 heteroatoms. The van der Waals surface area contributed by atoms with E-state index in [2.05, 4.69) is 19.6 Å². The fourth-order valence-corrected chi connectivity index (χ4v) is 0. The highest BCUT2D eigenvalue weighted by Gasteiger charge is 1.79. The quantitative estimate of drug-likeness (QED) is 0.393. The number of hydrogen-bond donors (Lipinski definition) is 0. The third-order valence-corrected chi connectivity index (χ3v) is 0. The summed E-state index contributed by atoms with van der Waals surface area (Å²) in [6, 6.07) is 0. The molecule has 0 aliphatic carbocycles. The molecule has 0 aromatic heterocycles. The van der Waals surface area contributed by atoms with Crippen molar-refractivity contribution < 1.29 is 1.37 Å².